The Hall–Kier alpha value is -2.56. The number of hydrogen-bond donors (Lipinski definition) is 2. The molecule has 1 aromatic heterocycles. The van der Waals surface area contributed by atoms with E-state index in [0.717, 1.165) is 23.5 Å². The van der Waals surface area contributed by atoms with Crippen LogP contribution in [0.15, 0.2) is 42.6 Å². The summed E-state index contributed by atoms with van der Waals surface area (Å²) in [6.07, 6.45) is 1.66. The van der Waals surface area contributed by atoms with Crippen molar-refractivity contribution in [3.8, 4) is 5.75 Å². The van der Waals surface area contributed by atoms with E-state index < -0.39 is 0 Å². The number of nitrogen functional groups attached to an aromatic ring is 1. The lowest BCUT2D eigenvalue weighted by Crippen LogP contribution is -2.18. The van der Waals surface area contributed by atoms with Gasteiger partial charge in [0.25, 0.3) is 0 Å². The molecule has 0 spiro atoms. The summed E-state index contributed by atoms with van der Waals surface area (Å²) in [6.45, 7) is 0.735. The summed E-state index contributed by atoms with van der Waals surface area (Å²) in [4.78, 5) is 6.13. The van der Waals surface area contributed by atoms with E-state index in [2.05, 4.69) is 9.88 Å². The number of aromatic nitrogens is 1. The summed E-state index contributed by atoms with van der Waals surface area (Å²) < 4.78 is 5.22. The van der Waals surface area contributed by atoms with E-state index in [1.807, 2.05) is 43.4 Å². The van der Waals surface area contributed by atoms with E-state index in [0.29, 0.717) is 5.69 Å². The molecule has 2 aromatic rings. The van der Waals surface area contributed by atoms with Gasteiger partial charge < -0.3 is 15.4 Å². The van der Waals surface area contributed by atoms with Crippen molar-refractivity contribution in [2.75, 3.05) is 19.1 Å². The van der Waals surface area contributed by atoms with Crippen LogP contribution in [0, 0.1) is 5.41 Å². The first-order valence-corrected chi connectivity index (χ1v) is 6.24. The molecule has 0 bridgehead atoms. The Morgan fingerprint density at radius 1 is 1.35 bits per heavy atom. The summed E-state index contributed by atoms with van der Waals surface area (Å²) in [7, 11) is 3.64. The highest BCUT2D eigenvalue weighted by Gasteiger charge is 2.06. The van der Waals surface area contributed by atoms with Crippen molar-refractivity contribution in [2.24, 2.45) is 5.73 Å². The molecule has 0 saturated carbocycles. The van der Waals surface area contributed by atoms with E-state index in [9.17, 15) is 0 Å². The molecule has 5 nitrogen and oxygen atoms in total. The van der Waals surface area contributed by atoms with E-state index in [1.165, 1.54) is 0 Å². The van der Waals surface area contributed by atoms with Gasteiger partial charge in [-0.15, -0.1) is 0 Å². The highest BCUT2D eigenvalue weighted by atomic mass is 16.5. The molecule has 0 saturated heterocycles. The molecule has 0 aliphatic heterocycles. The van der Waals surface area contributed by atoms with Gasteiger partial charge >= 0.3 is 0 Å². The van der Waals surface area contributed by atoms with Gasteiger partial charge in [0.2, 0.25) is 0 Å². The van der Waals surface area contributed by atoms with Crippen LogP contribution in [-0.4, -0.2) is 25.0 Å². The van der Waals surface area contributed by atoms with Crippen LogP contribution >= 0.6 is 0 Å². The summed E-state index contributed by atoms with van der Waals surface area (Å²) in [5, 5.41) is 7.43. The summed E-state index contributed by atoms with van der Waals surface area (Å²) in [6, 6.07) is 11.6. The predicted octanol–water partition coefficient (Wildman–Crippen LogP) is 2.01. The van der Waals surface area contributed by atoms with Gasteiger partial charge in [0, 0.05) is 25.5 Å². The molecule has 0 atom stereocenters. The molecule has 20 heavy (non-hydrogen) atoms. The van der Waals surface area contributed by atoms with Gasteiger partial charge in [-0.1, -0.05) is 12.1 Å². The Balaban J connectivity index is 2.16. The third kappa shape index (κ3) is 3.26. The van der Waals surface area contributed by atoms with E-state index in [1.54, 1.807) is 13.3 Å². The number of ether oxygens (including phenoxy) is 1. The van der Waals surface area contributed by atoms with Gasteiger partial charge in [0.05, 0.1) is 7.11 Å². The molecule has 0 unspecified atom stereocenters. The monoisotopic (exact) mass is 270 g/mol. The maximum Gasteiger partial charge on any atom is 0.141 e. The van der Waals surface area contributed by atoms with Crippen molar-refractivity contribution < 1.29 is 4.74 Å². The average molecular weight is 270 g/mol. The molecule has 0 fully saturated rings. The normalized spacial score (nSPS) is 10.1. The average Bonchev–Trinajstić information content (AvgIpc) is 2.47. The van der Waals surface area contributed by atoms with Gasteiger partial charge in [-0.05, 0) is 29.8 Å². The number of rotatable bonds is 5. The molecule has 1 heterocycles. The lowest BCUT2D eigenvalue weighted by Gasteiger charge is -2.20. The number of nitrogens with two attached hydrogens (primary N) is 1. The third-order valence-corrected chi connectivity index (χ3v) is 3.01. The molecule has 5 heteroatoms. The van der Waals surface area contributed by atoms with E-state index in [-0.39, 0.29) is 5.84 Å². The first-order valence-electron chi connectivity index (χ1n) is 6.24. The number of hydrogen-bond acceptors (Lipinski definition) is 4. The van der Waals surface area contributed by atoms with Crippen LogP contribution in [0.4, 0.5) is 5.69 Å². The van der Waals surface area contributed by atoms with Crippen molar-refractivity contribution in [3.63, 3.8) is 0 Å². The van der Waals surface area contributed by atoms with Crippen molar-refractivity contribution >= 4 is 11.5 Å². The van der Waals surface area contributed by atoms with Crippen LogP contribution in [0.5, 0.6) is 5.75 Å². The first-order chi connectivity index (χ1) is 9.60. The summed E-state index contributed by atoms with van der Waals surface area (Å²) in [5.74, 6) is 0.816. The Morgan fingerprint density at radius 2 is 2.15 bits per heavy atom. The second kappa shape index (κ2) is 6.06. The van der Waals surface area contributed by atoms with Gasteiger partial charge in [0.1, 0.15) is 17.3 Å². The Labute approximate surface area is 118 Å². The van der Waals surface area contributed by atoms with Crippen LogP contribution < -0.4 is 15.4 Å². The van der Waals surface area contributed by atoms with Crippen LogP contribution in [-0.2, 0) is 6.54 Å². The topological polar surface area (TPSA) is 75.2 Å². The molecule has 2 rings (SSSR count). The molecular formula is C15H18N4O. The highest BCUT2D eigenvalue weighted by molar-refractivity contribution is 5.93. The van der Waals surface area contributed by atoms with Crippen LogP contribution in [0.2, 0.25) is 0 Å². The number of benzene rings is 1. The molecule has 1 aromatic carbocycles. The third-order valence-electron chi connectivity index (χ3n) is 3.01. The SMILES string of the molecule is COc1cccc(CN(C)c2ccnc(C(=N)N)c2)c1. The lowest BCUT2D eigenvalue weighted by atomic mass is 10.2. The minimum absolute atomic E-state index is 0.0263. The molecule has 0 amide bonds. The number of anilines is 1. The van der Waals surface area contributed by atoms with Crippen molar-refractivity contribution in [3.05, 3.63) is 53.9 Å². The van der Waals surface area contributed by atoms with Crippen molar-refractivity contribution in [1.82, 2.24) is 4.98 Å². The van der Waals surface area contributed by atoms with Gasteiger partial charge in [-0.2, -0.15) is 0 Å². The van der Waals surface area contributed by atoms with Crippen molar-refractivity contribution in [2.45, 2.75) is 6.54 Å². The van der Waals surface area contributed by atoms with Crippen LogP contribution in [0.25, 0.3) is 0 Å². The zero-order valence-corrected chi connectivity index (χ0v) is 11.6. The van der Waals surface area contributed by atoms with Gasteiger partial charge in [0.15, 0.2) is 0 Å². The Kier molecular flexibility index (Phi) is 4.20. The molecule has 0 aliphatic rings. The number of amidine groups is 1. The first kappa shape index (κ1) is 13.9. The molecule has 104 valence electrons. The fourth-order valence-corrected chi connectivity index (χ4v) is 1.94. The minimum atomic E-state index is -0.0263. The van der Waals surface area contributed by atoms with Gasteiger partial charge in [-0.3, -0.25) is 10.4 Å². The van der Waals surface area contributed by atoms with E-state index in [4.69, 9.17) is 15.9 Å². The maximum absolute atomic E-state index is 7.43. The second-order valence-electron chi connectivity index (χ2n) is 4.52. The molecule has 0 radical (unpaired) electrons. The molecule has 3 N–H and O–H groups in total. The summed E-state index contributed by atoms with van der Waals surface area (Å²) in [5.41, 5.74) is 8.06. The molecule has 0 aliphatic carbocycles. The Bertz CT molecular complexity index is 612. The fourth-order valence-electron chi connectivity index (χ4n) is 1.94. The van der Waals surface area contributed by atoms with Crippen molar-refractivity contribution in [1.29, 1.82) is 5.41 Å². The maximum atomic E-state index is 7.43. The fraction of sp³-hybridized carbons (Fsp3) is 0.200. The smallest absolute Gasteiger partial charge is 0.141 e. The lowest BCUT2D eigenvalue weighted by molar-refractivity contribution is 0.414. The molecular weight excluding hydrogens is 252 g/mol. The van der Waals surface area contributed by atoms with Crippen LogP contribution in [0.3, 0.4) is 0 Å². The number of nitrogens with zero attached hydrogens (tertiary/aromatic N) is 2. The predicted molar refractivity (Wildman–Crippen MR) is 80.4 cm³/mol. The number of nitrogens with one attached hydrogen (secondary N) is 1. The second-order valence-corrected chi connectivity index (χ2v) is 4.52. The Morgan fingerprint density at radius 3 is 2.85 bits per heavy atom. The zero-order valence-electron chi connectivity index (χ0n) is 11.6. The zero-order chi connectivity index (χ0) is 14.5. The van der Waals surface area contributed by atoms with Gasteiger partial charge in [-0.25, -0.2) is 0 Å². The summed E-state index contributed by atoms with van der Waals surface area (Å²) >= 11 is 0. The number of methoxy groups -OCH3 is 1. The highest BCUT2D eigenvalue weighted by Crippen LogP contribution is 2.18. The standard InChI is InChI=1S/C15H18N4O/c1-19(10-11-4-3-5-13(8-11)20-2)12-6-7-18-14(9-12)15(16)17/h3-9H,10H2,1-2H3,(H3,16,17). The number of pyridine rings is 1. The largest absolute Gasteiger partial charge is 0.497 e. The van der Waals surface area contributed by atoms with E-state index >= 15 is 0 Å². The van der Waals surface area contributed by atoms with Crippen LogP contribution in [0.1, 0.15) is 11.3 Å². The minimum Gasteiger partial charge on any atom is -0.497 e. The quantitative estimate of drug-likeness (QED) is 0.643.